The summed E-state index contributed by atoms with van der Waals surface area (Å²) in [7, 11) is 0. The third-order valence-electron chi connectivity index (χ3n) is 7.00. The molecule has 0 saturated carbocycles. The molecule has 1 saturated heterocycles. The Labute approximate surface area is 214 Å². The molecule has 1 aliphatic carbocycles. The standard InChI is InChI=1S/C25H45FN8O2/c1-16(18-5-7-19(26)8-6-18)30-23-32-20(31-21-13-27-9-10-28-21)11-22(33-23)34-14-17(15-34)12-29-24(35)36-25(2,3)4/h5,9-10,16-17,19-22,24,27-29,31,35H,6-8,11-15H2,1-4H3,(H2,30,32,33)/t16-,19+,20?,21-,22-,24?/m0/s1. The molecule has 4 aliphatic rings. The SMILES string of the molecule is C[C@H](NC1=N[C@@H](N2CC(CNC(O)OC(C)(C)C)C2)CC(N[C@H]2CNC=CN2)N1)C1=CC[C@@H](F)CC1. The van der Waals surface area contributed by atoms with Gasteiger partial charge in [0, 0.05) is 51.0 Å². The van der Waals surface area contributed by atoms with Crippen molar-refractivity contribution < 1.29 is 14.2 Å². The van der Waals surface area contributed by atoms with Crippen molar-refractivity contribution in [3.8, 4) is 0 Å². The quantitative estimate of drug-likeness (QED) is 0.178. The predicted molar refractivity (Wildman–Crippen MR) is 139 cm³/mol. The number of hydrogen-bond donors (Lipinski definition) is 7. The number of aliphatic imine (C=N–C) groups is 1. The molecule has 7 N–H and O–H groups in total. The highest BCUT2D eigenvalue weighted by atomic mass is 19.1. The largest absolute Gasteiger partial charge is 0.386 e. The van der Waals surface area contributed by atoms with Crippen LogP contribution in [0.1, 0.15) is 53.4 Å². The number of nitrogens with zero attached hydrogens (tertiary/aromatic N) is 2. The van der Waals surface area contributed by atoms with Crippen LogP contribution in [0, 0.1) is 5.92 Å². The molecule has 0 aromatic carbocycles. The van der Waals surface area contributed by atoms with Crippen LogP contribution in [0.3, 0.4) is 0 Å². The van der Waals surface area contributed by atoms with Gasteiger partial charge in [0.15, 0.2) is 5.96 Å². The number of alkyl halides is 1. The van der Waals surface area contributed by atoms with Gasteiger partial charge in [0.05, 0.1) is 17.9 Å². The van der Waals surface area contributed by atoms with Crippen LogP contribution in [-0.4, -0.2) is 84.9 Å². The molecule has 0 aromatic rings. The van der Waals surface area contributed by atoms with Crippen LogP contribution in [0.25, 0.3) is 0 Å². The zero-order valence-corrected chi connectivity index (χ0v) is 22.1. The van der Waals surface area contributed by atoms with Crippen molar-refractivity contribution >= 4 is 5.96 Å². The van der Waals surface area contributed by atoms with Crippen molar-refractivity contribution in [3.63, 3.8) is 0 Å². The molecular weight excluding hydrogens is 463 g/mol. The van der Waals surface area contributed by atoms with E-state index in [1.54, 1.807) is 0 Å². The average molecular weight is 509 g/mol. The number of hydrogen-bond acceptors (Lipinski definition) is 10. The molecule has 36 heavy (non-hydrogen) atoms. The molecule has 204 valence electrons. The second-order valence-corrected chi connectivity index (χ2v) is 11.3. The van der Waals surface area contributed by atoms with Gasteiger partial charge in [-0.2, -0.15) is 0 Å². The topological polar surface area (TPSA) is 117 Å². The Balaban J connectivity index is 1.32. The van der Waals surface area contributed by atoms with Gasteiger partial charge in [-0.15, -0.1) is 0 Å². The normalized spacial score (nSPS) is 31.2. The molecule has 2 unspecified atom stereocenters. The number of rotatable bonds is 9. The summed E-state index contributed by atoms with van der Waals surface area (Å²) in [6.07, 6.45) is 7.10. The molecule has 11 heteroatoms. The van der Waals surface area contributed by atoms with Crippen molar-refractivity contribution in [2.24, 2.45) is 10.9 Å². The Morgan fingerprint density at radius 1 is 1.28 bits per heavy atom. The monoisotopic (exact) mass is 508 g/mol. The summed E-state index contributed by atoms with van der Waals surface area (Å²) in [6.45, 7) is 11.2. The lowest BCUT2D eigenvalue weighted by atomic mass is 9.93. The van der Waals surface area contributed by atoms with Gasteiger partial charge in [-0.1, -0.05) is 11.6 Å². The van der Waals surface area contributed by atoms with E-state index in [1.807, 2.05) is 39.2 Å². The molecule has 0 amide bonds. The van der Waals surface area contributed by atoms with Gasteiger partial charge in [-0.05, 0) is 52.9 Å². The lowest BCUT2D eigenvalue weighted by Crippen LogP contribution is -2.65. The van der Waals surface area contributed by atoms with Gasteiger partial charge in [-0.25, -0.2) is 9.38 Å². The molecule has 10 nitrogen and oxygen atoms in total. The van der Waals surface area contributed by atoms with Gasteiger partial charge in [0.2, 0.25) is 6.41 Å². The van der Waals surface area contributed by atoms with E-state index in [1.165, 1.54) is 5.57 Å². The van der Waals surface area contributed by atoms with E-state index >= 15 is 0 Å². The maximum absolute atomic E-state index is 13.6. The van der Waals surface area contributed by atoms with Crippen molar-refractivity contribution in [2.75, 3.05) is 26.2 Å². The average Bonchev–Trinajstić information content (AvgIpc) is 2.78. The molecule has 4 rings (SSSR count). The summed E-state index contributed by atoms with van der Waals surface area (Å²) < 4.78 is 19.1. The molecule has 0 aromatic heterocycles. The molecule has 1 fully saturated rings. The van der Waals surface area contributed by atoms with Gasteiger partial charge in [0.1, 0.15) is 12.3 Å². The number of guanidine groups is 1. The number of halogens is 1. The smallest absolute Gasteiger partial charge is 0.214 e. The van der Waals surface area contributed by atoms with Gasteiger partial charge in [-0.3, -0.25) is 15.5 Å². The van der Waals surface area contributed by atoms with E-state index in [2.05, 4.69) is 43.7 Å². The minimum absolute atomic E-state index is 0.0442. The first-order valence-electron chi connectivity index (χ1n) is 13.3. The molecule has 0 radical (unpaired) electrons. The van der Waals surface area contributed by atoms with Crippen LogP contribution in [0.4, 0.5) is 4.39 Å². The highest BCUT2D eigenvalue weighted by molar-refractivity contribution is 5.81. The van der Waals surface area contributed by atoms with Crippen LogP contribution < -0.4 is 31.9 Å². The van der Waals surface area contributed by atoms with Crippen LogP contribution >= 0.6 is 0 Å². The third-order valence-corrected chi connectivity index (χ3v) is 7.00. The second kappa shape index (κ2) is 12.1. The zero-order chi connectivity index (χ0) is 25.7. The first kappa shape index (κ1) is 27.1. The van der Waals surface area contributed by atoms with E-state index in [0.717, 1.165) is 38.4 Å². The third kappa shape index (κ3) is 8.04. The van der Waals surface area contributed by atoms with Crippen molar-refractivity contribution in [1.82, 2.24) is 36.8 Å². The fourth-order valence-electron chi connectivity index (χ4n) is 5.05. The molecule has 6 atom stereocenters. The van der Waals surface area contributed by atoms with E-state index in [9.17, 15) is 9.50 Å². The fourth-order valence-corrected chi connectivity index (χ4v) is 5.05. The summed E-state index contributed by atoms with van der Waals surface area (Å²) in [5.74, 6) is 1.21. The van der Waals surface area contributed by atoms with Crippen molar-refractivity contribution in [2.45, 2.75) is 96.1 Å². The van der Waals surface area contributed by atoms with Crippen molar-refractivity contribution in [3.05, 3.63) is 24.0 Å². The van der Waals surface area contributed by atoms with Crippen molar-refractivity contribution in [1.29, 1.82) is 0 Å². The summed E-state index contributed by atoms with van der Waals surface area (Å²) in [5, 5.41) is 30.5. The highest BCUT2D eigenvalue weighted by Crippen LogP contribution is 2.25. The van der Waals surface area contributed by atoms with E-state index in [0.29, 0.717) is 25.3 Å². The van der Waals surface area contributed by atoms with Crippen LogP contribution in [0.5, 0.6) is 0 Å². The maximum atomic E-state index is 13.6. The highest BCUT2D eigenvalue weighted by Gasteiger charge is 2.37. The Kier molecular flexibility index (Phi) is 9.10. The number of aliphatic hydroxyl groups is 1. The van der Waals surface area contributed by atoms with E-state index < -0.39 is 18.2 Å². The second-order valence-electron chi connectivity index (χ2n) is 11.3. The first-order valence-corrected chi connectivity index (χ1v) is 13.3. The molecule has 0 spiro atoms. The lowest BCUT2D eigenvalue weighted by Gasteiger charge is -2.46. The van der Waals surface area contributed by atoms with Crippen LogP contribution in [0.2, 0.25) is 0 Å². The number of allylic oxidation sites excluding steroid dienone is 1. The zero-order valence-electron chi connectivity index (χ0n) is 22.1. The Morgan fingerprint density at radius 2 is 2.08 bits per heavy atom. The van der Waals surface area contributed by atoms with Gasteiger partial charge < -0.3 is 31.1 Å². The molecular formula is C25H45FN8O2. The first-order chi connectivity index (χ1) is 17.1. The Bertz CT molecular complexity index is 810. The minimum Gasteiger partial charge on any atom is -0.386 e. The minimum atomic E-state index is -0.964. The van der Waals surface area contributed by atoms with Crippen LogP contribution in [0.15, 0.2) is 29.0 Å². The molecule has 3 heterocycles. The Hall–Kier alpha value is -1.92. The lowest BCUT2D eigenvalue weighted by molar-refractivity contribution is -0.183. The predicted octanol–water partition coefficient (Wildman–Crippen LogP) is 0.607. The van der Waals surface area contributed by atoms with Gasteiger partial charge >= 0.3 is 0 Å². The summed E-state index contributed by atoms with van der Waals surface area (Å²) >= 11 is 0. The number of nitrogens with one attached hydrogen (secondary N) is 6. The van der Waals surface area contributed by atoms with Crippen LogP contribution in [-0.2, 0) is 4.74 Å². The maximum Gasteiger partial charge on any atom is 0.214 e. The number of ether oxygens (including phenoxy) is 1. The summed E-state index contributed by atoms with van der Waals surface area (Å²) in [6, 6.07) is 0.0956. The number of likely N-dealkylation sites (tertiary alicyclic amines) is 1. The van der Waals surface area contributed by atoms with E-state index in [4.69, 9.17) is 9.73 Å². The summed E-state index contributed by atoms with van der Waals surface area (Å²) in [4.78, 5) is 7.39. The molecule has 3 aliphatic heterocycles. The molecule has 0 bridgehead atoms. The number of aliphatic hydroxyl groups excluding tert-OH is 1. The van der Waals surface area contributed by atoms with E-state index in [-0.39, 0.29) is 24.5 Å². The Morgan fingerprint density at radius 3 is 2.75 bits per heavy atom. The summed E-state index contributed by atoms with van der Waals surface area (Å²) in [5.41, 5.74) is 0.846. The fraction of sp³-hybridized carbons (Fsp3) is 0.800. The van der Waals surface area contributed by atoms with Gasteiger partial charge in [0.25, 0.3) is 0 Å².